The Balaban J connectivity index is 2.37. The number of ether oxygens (including phenoxy) is 2. The second-order valence-electron chi connectivity index (χ2n) is 4.47. The van der Waals surface area contributed by atoms with Crippen LogP contribution < -0.4 is 10.1 Å². The molecular weight excluding hydrogens is 322 g/mol. The molecule has 0 unspecified atom stereocenters. The van der Waals surface area contributed by atoms with Crippen molar-refractivity contribution >= 4 is 21.9 Å². The zero-order valence-corrected chi connectivity index (χ0v) is 13.7. The van der Waals surface area contributed by atoms with Crippen LogP contribution >= 0.6 is 15.9 Å². The minimum Gasteiger partial charge on any atom is -0.492 e. The first-order chi connectivity index (χ1) is 9.67. The Morgan fingerprint density at radius 3 is 2.85 bits per heavy atom. The molecule has 112 valence electrons. The molecule has 0 saturated heterocycles. The molecule has 0 heterocycles. The average Bonchev–Trinajstić information content (AvgIpc) is 2.45. The van der Waals surface area contributed by atoms with Crippen LogP contribution in [0.4, 0.5) is 0 Å². The van der Waals surface area contributed by atoms with E-state index in [0.29, 0.717) is 19.4 Å². The van der Waals surface area contributed by atoms with Crippen LogP contribution in [0, 0.1) is 0 Å². The van der Waals surface area contributed by atoms with Gasteiger partial charge in [0.15, 0.2) is 0 Å². The Bertz CT molecular complexity index is 424. The standard InChI is InChI=1S/C15H22BrNO3/c1-3-8-17-11-12-6-7-14(13(16)10-12)20-9-4-5-15(18)19-2/h6-7,10,17H,3-5,8-9,11H2,1-2H3. The van der Waals surface area contributed by atoms with Gasteiger partial charge in [0.25, 0.3) is 0 Å². The van der Waals surface area contributed by atoms with Crippen LogP contribution in [-0.2, 0) is 16.1 Å². The lowest BCUT2D eigenvalue weighted by molar-refractivity contribution is -0.140. The summed E-state index contributed by atoms with van der Waals surface area (Å²) in [7, 11) is 1.39. The summed E-state index contributed by atoms with van der Waals surface area (Å²) >= 11 is 3.51. The molecular formula is C15H22BrNO3. The maximum atomic E-state index is 11.0. The molecule has 0 aliphatic carbocycles. The number of methoxy groups -OCH3 is 1. The number of halogens is 1. The van der Waals surface area contributed by atoms with Gasteiger partial charge in [-0.3, -0.25) is 4.79 Å². The largest absolute Gasteiger partial charge is 0.492 e. The molecule has 0 fully saturated rings. The molecule has 1 aromatic rings. The molecule has 5 heteroatoms. The Morgan fingerprint density at radius 1 is 1.40 bits per heavy atom. The molecule has 20 heavy (non-hydrogen) atoms. The van der Waals surface area contributed by atoms with Crippen molar-refractivity contribution in [3.8, 4) is 5.75 Å². The predicted octanol–water partition coefficient (Wildman–Crippen LogP) is 3.28. The zero-order chi connectivity index (χ0) is 14.8. The second kappa shape index (κ2) is 9.77. The van der Waals surface area contributed by atoms with Crippen LogP contribution in [0.2, 0.25) is 0 Å². The second-order valence-corrected chi connectivity index (χ2v) is 5.32. The van der Waals surface area contributed by atoms with Gasteiger partial charge < -0.3 is 14.8 Å². The van der Waals surface area contributed by atoms with Gasteiger partial charge in [-0.05, 0) is 53.0 Å². The molecule has 1 aromatic carbocycles. The van der Waals surface area contributed by atoms with E-state index in [1.54, 1.807) is 0 Å². The molecule has 0 saturated carbocycles. The van der Waals surface area contributed by atoms with Crippen molar-refractivity contribution in [3.05, 3.63) is 28.2 Å². The van der Waals surface area contributed by atoms with E-state index in [-0.39, 0.29) is 5.97 Å². The summed E-state index contributed by atoms with van der Waals surface area (Å²) in [6.45, 7) is 4.52. The summed E-state index contributed by atoms with van der Waals surface area (Å²) in [6.07, 6.45) is 2.16. The quantitative estimate of drug-likeness (QED) is 0.552. The minimum absolute atomic E-state index is 0.204. The number of esters is 1. The molecule has 0 atom stereocenters. The molecule has 0 radical (unpaired) electrons. The smallest absolute Gasteiger partial charge is 0.305 e. The fraction of sp³-hybridized carbons (Fsp3) is 0.533. The van der Waals surface area contributed by atoms with E-state index >= 15 is 0 Å². The van der Waals surface area contributed by atoms with Crippen LogP contribution in [0.1, 0.15) is 31.7 Å². The first kappa shape index (κ1) is 17.0. The van der Waals surface area contributed by atoms with E-state index in [0.717, 1.165) is 29.7 Å². The lowest BCUT2D eigenvalue weighted by Crippen LogP contribution is -2.13. The van der Waals surface area contributed by atoms with Gasteiger partial charge in [-0.15, -0.1) is 0 Å². The van der Waals surface area contributed by atoms with E-state index in [4.69, 9.17) is 4.74 Å². The monoisotopic (exact) mass is 343 g/mol. The molecule has 4 nitrogen and oxygen atoms in total. The Hall–Kier alpha value is -1.07. The number of hydrogen-bond donors (Lipinski definition) is 1. The molecule has 1 N–H and O–H groups in total. The van der Waals surface area contributed by atoms with Crippen LogP contribution in [0.15, 0.2) is 22.7 Å². The SMILES string of the molecule is CCCNCc1ccc(OCCCC(=O)OC)c(Br)c1. The van der Waals surface area contributed by atoms with Crippen molar-refractivity contribution < 1.29 is 14.3 Å². The lowest BCUT2D eigenvalue weighted by atomic mass is 10.2. The van der Waals surface area contributed by atoms with Gasteiger partial charge in [0.05, 0.1) is 18.2 Å². The van der Waals surface area contributed by atoms with E-state index in [1.165, 1.54) is 12.7 Å². The molecule has 0 amide bonds. The van der Waals surface area contributed by atoms with Gasteiger partial charge in [0.2, 0.25) is 0 Å². The highest BCUT2D eigenvalue weighted by atomic mass is 79.9. The van der Waals surface area contributed by atoms with Crippen LogP contribution in [0.3, 0.4) is 0 Å². The number of benzene rings is 1. The van der Waals surface area contributed by atoms with Gasteiger partial charge in [-0.25, -0.2) is 0 Å². The van der Waals surface area contributed by atoms with E-state index in [9.17, 15) is 4.79 Å². The highest BCUT2D eigenvalue weighted by Gasteiger charge is 2.04. The molecule has 1 rings (SSSR count). The topological polar surface area (TPSA) is 47.6 Å². The van der Waals surface area contributed by atoms with E-state index in [1.807, 2.05) is 12.1 Å². The molecule has 0 spiro atoms. The lowest BCUT2D eigenvalue weighted by Gasteiger charge is -2.10. The summed E-state index contributed by atoms with van der Waals surface area (Å²) in [5.41, 5.74) is 1.22. The maximum Gasteiger partial charge on any atom is 0.305 e. The summed E-state index contributed by atoms with van der Waals surface area (Å²) in [6, 6.07) is 6.05. The van der Waals surface area contributed by atoms with Gasteiger partial charge in [0, 0.05) is 13.0 Å². The predicted molar refractivity (Wildman–Crippen MR) is 82.9 cm³/mol. The maximum absolute atomic E-state index is 11.0. The van der Waals surface area contributed by atoms with E-state index in [2.05, 4.69) is 39.0 Å². The average molecular weight is 344 g/mol. The van der Waals surface area contributed by atoms with Crippen LogP contribution in [0.25, 0.3) is 0 Å². The minimum atomic E-state index is -0.204. The van der Waals surface area contributed by atoms with Crippen LogP contribution in [-0.4, -0.2) is 26.2 Å². The van der Waals surface area contributed by atoms with Gasteiger partial charge >= 0.3 is 5.97 Å². The summed E-state index contributed by atoms with van der Waals surface area (Å²) in [5, 5.41) is 3.36. The summed E-state index contributed by atoms with van der Waals surface area (Å²) in [4.78, 5) is 11.0. The van der Waals surface area contributed by atoms with Gasteiger partial charge in [-0.2, -0.15) is 0 Å². The third-order valence-electron chi connectivity index (χ3n) is 2.76. The number of carbonyl (C=O) groups is 1. The molecule has 0 aliphatic rings. The third kappa shape index (κ3) is 6.39. The summed E-state index contributed by atoms with van der Waals surface area (Å²) in [5.74, 6) is 0.596. The number of carbonyl (C=O) groups excluding carboxylic acids is 1. The highest BCUT2D eigenvalue weighted by molar-refractivity contribution is 9.10. The number of hydrogen-bond acceptors (Lipinski definition) is 4. The van der Waals surface area contributed by atoms with Crippen molar-refractivity contribution in [2.24, 2.45) is 0 Å². The number of rotatable bonds is 9. The first-order valence-electron chi connectivity index (χ1n) is 6.86. The molecule has 0 aliphatic heterocycles. The molecule has 0 bridgehead atoms. The van der Waals surface area contributed by atoms with Crippen molar-refractivity contribution in [1.82, 2.24) is 5.32 Å². The summed E-state index contributed by atoms with van der Waals surface area (Å²) < 4.78 is 11.2. The zero-order valence-electron chi connectivity index (χ0n) is 12.1. The van der Waals surface area contributed by atoms with Gasteiger partial charge in [-0.1, -0.05) is 13.0 Å². The fourth-order valence-electron chi connectivity index (χ4n) is 1.68. The van der Waals surface area contributed by atoms with Crippen LogP contribution in [0.5, 0.6) is 5.75 Å². The van der Waals surface area contributed by atoms with Gasteiger partial charge in [0.1, 0.15) is 5.75 Å². The Labute approximate surface area is 129 Å². The van der Waals surface area contributed by atoms with Crippen molar-refractivity contribution in [3.63, 3.8) is 0 Å². The normalized spacial score (nSPS) is 10.3. The Kier molecular flexibility index (Phi) is 8.30. The van der Waals surface area contributed by atoms with Crippen molar-refractivity contribution in [2.45, 2.75) is 32.7 Å². The third-order valence-corrected chi connectivity index (χ3v) is 3.38. The van der Waals surface area contributed by atoms with Crippen molar-refractivity contribution in [2.75, 3.05) is 20.3 Å². The van der Waals surface area contributed by atoms with Crippen molar-refractivity contribution in [1.29, 1.82) is 0 Å². The molecule has 0 aromatic heterocycles. The Morgan fingerprint density at radius 2 is 2.20 bits per heavy atom. The fourth-order valence-corrected chi connectivity index (χ4v) is 2.22. The number of nitrogens with one attached hydrogen (secondary N) is 1. The highest BCUT2D eigenvalue weighted by Crippen LogP contribution is 2.26. The first-order valence-corrected chi connectivity index (χ1v) is 7.65. The van der Waals surface area contributed by atoms with E-state index < -0.39 is 0 Å².